The molecule has 3 aliphatic carbocycles. The van der Waals surface area contributed by atoms with Crippen LogP contribution in [0.15, 0.2) is 34.2 Å². The van der Waals surface area contributed by atoms with Gasteiger partial charge in [-0.15, -0.1) is 0 Å². The number of ether oxygens (including phenoxy) is 4. The monoisotopic (exact) mass is 570 g/mol. The van der Waals surface area contributed by atoms with Crippen molar-refractivity contribution in [3.05, 3.63) is 35.3 Å². The van der Waals surface area contributed by atoms with E-state index in [1.165, 1.54) is 21.0 Å². The number of hydrogen-bond donors (Lipinski definition) is 0. The van der Waals surface area contributed by atoms with E-state index in [0.29, 0.717) is 19.3 Å². The molecule has 0 radical (unpaired) electrons. The lowest BCUT2D eigenvalue weighted by Crippen LogP contribution is -2.69. The summed E-state index contributed by atoms with van der Waals surface area (Å²) in [5.74, 6) is -4.48. The molecule has 1 aromatic heterocycles. The summed E-state index contributed by atoms with van der Waals surface area (Å²) in [6.45, 7) is 10.1. The number of fused-ring (bicyclic) bond motifs is 5. The molecule has 2 heterocycles. The van der Waals surface area contributed by atoms with Crippen LogP contribution in [0.25, 0.3) is 0 Å². The minimum absolute atomic E-state index is 0.0738. The highest BCUT2D eigenvalue weighted by molar-refractivity contribution is 5.93. The van der Waals surface area contributed by atoms with E-state index in [2.05, 4.69) is 6.92 Å². The van der Waals surface area contributed by atoms with Gasteiger partial charge in [0.2, 0.25) is 6.10 Å². The van der Waals surface area contributed by atoms with E-state index in [9.17, 15) is 24.0 Å². The van der Waals surface area contributed by atoms with Gasteiger partial charge in [0, 0.05) is 41.6 Å². The topological polar surface area (TPSA) is 135 Å². The number of allylic oxidation sites excluding steroid dienone is 1. The summed E-state index contributed by atoms with van der Waals surface area (Å²) in [5, 5.41) is 0. The van der Waals surface area contributed by atoms with E-state index >= 15 is 0 Å². The molecule has 2 saturated carbocycles. The summed E-state index contributed by atoms with van der Waals surface area (Å²) in [6.07, 6.45) is 1.84. The SMILES string of the molecule is COC(=O)[C@H](OC(C)=O)C1C(C)(C)[C@@H](OC(C)=O)[C@@H]2CC3=C4CC(=O)O[C@@H](c5ccoc5)[C@@]4(C)CC[C@H]3[C@@]1(C)C2=O. The first-order valence-electron chi connectivity index (χ1n) is 14.1. The zero-order valence-electron chi connectivity index (χ0n) is 24.6. The Balaban J connectivity index is 1.74. The van der Waals surface area contributed by atoms with E-state index < -0.39 is 64.3 Å². The lowest BCUT2D eigenvalue weighted by Gasteiger charge is -2.64. The molecule has 1 aliphatic heterocycles. The maximum absolute atomic E-state index is 14.5. The maximum atomic E-state index is 14.5. The molecule has 1 saturated heterocycles. The highest BCUT2D eigenvalue weighted by Gasteiger charge is 2.71. The molecule has 0 spiro atoms. The molecule has 1 unspecified atom stereocenters. The number of esters is 4. The zero-order chi connectivity index (χ0) is 30.1. The molecular formula is C31H38O10. The van der Waals surface area contributed by atoms with Crippen molar-refractivity contribution in [2.75, 3.05) is 7.11 Å². The van der Waals surface area contributed by atoms with Gasteiger partial charge in [-0.25, -0.2) is 4.79 Å². The van der Waals surface area contributed by atoms with E-state index in [4.69, 9.17) is 23.4 Å². The Morgan fingerprint density at radius 3 is 2.37 bits per heavy atom. The molecule has 10 nitrogen and oxygen atoms in total. The Labute approximate surface area is 239 Å². The van der Waals surface area contributed by atoms with Gasteiger partial charge in [-0.05, 0) is 36.8 Å². The molecular weight excluding hydrogens is 532 g/mol. The van der Waals surface area contributed by atoms with Gasteiger partial charge >= 0.3 is 23.9 Å². The average Bonchev–Trinajstić information content (AvgIpc) is 3.42. The first-order valence-corrected chi connectivity index (χ1v) is 14.1. The predicted molar refractivity (Wildman–Crippen MR) is 142 cm³/mol. The van der Waals surface area contributed by atoms with Gasteiger partial charge in [0.25, 0.3) is 0 Å². The standard InChI is InChI=1S/C31H38O10/c1-15(32)39-23(28(36)37-7)24-29(3,4)27(40-16(2)33)19-12-18-20(31(24,6)25(19)35)8-10-30(5)21(18)13-22(34)41-26(30)17-9-11-38-14-17/h9,11,14,19-20,23-24,26-27H,8,10,12-13H2,1-7H3/t19-,20-,23-,24?,26+,27+,30+,31-/m1/s1. The van der Waals surface area contributed by atoms with Crippen LogP contribution in [0.4, 0.5) is 0 Å². The van der Waals surface area contributed by atoms with Gasteiger partial charge < -0.3 is 23.4 Å². The predicted octanol–water partition coefficient (Wildman–Crippen LogP) is 4.27. The van der Waals surface area contributed by atoms with Crippen LogP contribution in [0, 0.1) is 34.0 Å². The van der Waals surface area contributed by atoms with Crippen molar-refractivity contribution in [1.29, 1.82) is 0 Å². The number of furan rings is 1. The third-order valence-corrected chi connectivity index (χ3v) is 10.3. The molecule has 8 atom stereocenters. The highest BCUT2D eigenvalue weighted by atomic mass is 16.6. The van der Waals surface area contributed by atoms with Crippen LogP contribution in [0.1, 0.15) is 78.9 Å². The molecule has 0 aromatic carbocycles. The Kier molecular flexibility index (Phi) is 6.98. The van der Waals surface area contributed by atoms with Gasteiger partial charge in [-0.1, -0.05) is 33.3 Å². The Morgan fingerprint density at radius 1 is 1.07 bits per heavy atom. The van der Waals surface area contributed by atoms with Crippen molar-refractivity contribution < 1.29 is 47.3 Å². The van der Waals surface area contributed by atoms with Crippen molar-refractivity contribution in [3.63, 3.8) is 0 Å². The molecule has 41 heavy (non-hydrogen) atoms. The fourth-order valence-corrected chi connectivity index (χ4v) is 8.83. The summed E-state index contributed by atoms with van der Waals surface area (Å²) in [4.78, 5) is 65.4. The van der Waals surface area contributed by atoms with Crippen molar-refractivity contribution in [2.24, 2.45) is 34.0 Å². The Morgan fingerprint density at radius 2 is 1.78 bits per heavy atom. The third kappa shape index (κ3) is 4.24. The summed E-state index contributed by atoms with van der Waals surface area (Å²) in [5.41, 5.74) is -0.0634. The van der Waals surface area contributed by atoms with Gasteiger partial charge in [-0.3, -0.25) is 19.2 Å². The lowest BCUT2D eigenvalue weighted by molar-refractivity contribution is -0.217. The summed E-state index contributed by atoms with van der Waals surface area (Å²) >= 11 is 0. The highest BCUT2D eigenvalue weighted by Crippen LogP contribution is 2.68. The Hall–Kier alpha value is -3.43. The zero-order valence-corrected chi connectivity index (χ0v) is 24.6. The largest absolute Gasteiger partial charge is 0.472 e. The van der Waals surface area contributed by atoms with Crippen molar-refractivity contribution in [1.82, 2.24) is 0 Å². The first kappa shape index (κ1) is 29.1. The first-order chi connectivity index (χ1) is 19.2. The Bertz CT molecular complexity index is 1320. The smallest absolute Gasteiger partial charge is 0.347 e. The quantitative estimate of drug-likeness (QED) is 0.287. The van der Waals surface area contributed by atoms with Crippen LogP contribution < -0.4 is 0 Å². The van der Waals surface area contributed by atoms with Gasteiger partial charge in [0.15, 0.2) is 0 Å². The van der Waals surface area contributed by atoms with Gasteiger partial charge in [0.05, 0.1) is 32.0 Å². The molecule has 1 aromatic rings. The van der Waals surface area contributed by atoms with Crippen molar-refractivity contribution in [2.45, 2.75) is 85.5 Å². The van der Waals surface area contributed by atoms with E-state index in [1.54, 1.807) is 18.6 Å². The second-order valence-electron chi connectivity index (χ2n) is 13.0. The van der Waals surface area contributed by atoms with E-state index in [1.807, 2.05) is 20.8 Å². The van der Waals surface area contributed by atoms with Crippen LogP contribution >= 0.6 is 0 Å². The van der Waals surface area contributed by atoms with Crippen molar-refractivity contribution in [3.8, 4) is 0 Å². The lowest BCUT2D eigenvalue weighted by atomic mass is 9.40. The number of Topliss-reactive ketones (excluding diaryl/α,β-unsaturated/α-hetero) is 1. The molecule has 2 bridgehead atoms. The number of rotatable bonds is 5. The van der Waals surface area contributed by atoms with E-state index in [0.717, 1.165) is 16.7 Å². The minimum Gasteiger partial charge on any atom is -0.472 e. The number of cyclic esters (lactones) is 1. The molecule has 0 amide bonds. The molecule has 10 heteroatoms. The maximum Gasteiger partial charge on any atom is 0.347 e. The number of methoxy groups -OCH3 is 1. The second kappa shape index (κ2) is 9.84. The molecule has 4 aliphatic rings. The van der Waals surface area contributed by atoms with Crippen LogP contribution in [0.2, 0.25) is 0 Å². The van der Waals surface area contributed by atoms with Gasteiger partial charge in [0.1, 0.15) is 18.0 Å². The molecule has 222 valence electrons. The fourth-order valence-electron chi connectivity index (χ4n) is 8.83. The van der Waals surface area contributed by atoms with E-state index in [-0.39, 0.29) is 24.1 Å². The molecule has 0 N–H and O–H groups in total. The van der Waals surface area contributed by atoms with Gasteiger partial charge in [-0.2, -0.15) is 0 Å². The third-order valence-electron chi connectivity index (χ3n) is 10.3. The summed E-state index contributed by atoms with van der Waals surface area (Å²) in [7, 11) is 1.20. The summed E-state index contributed by atoms with van der Waals surface area (Å²) in [6, 6.07) is 1.79. The second-order valence-corrected chi connectivity index (χ2v) is 13.0. The van der Waals surface area contributed by atoms with Crippen molar-refractivity contribution >= 4 is 29.7 Å². The number of hydrogen-bond acceptors (Lipinski definition) is 10. The number of carbonyl (C=O) groups is 5. The number of carbonyl (C=O) groups excluding carboxylic acids is 5. The van der Waals surface area contributed by atoms with Crippen LogP contribution in [-0.4, -0.2) is 49.0 Å². The normalized spacial score (nSPS) is 36.3. The average molecular weight is 571 g/mol. The molecule has 5 rings (SSSR count). The number of ketones is 1. The molecule has 3 fully saturated rings. The fraction of sp³-hybridized carbons (Fsp3) is 0.645. The van der Waals surface area contributed by atoms with Crippen LogP contribution in [0.3, 0.4) is 0 Å². The minimum atomic E-state index is -1.41. The van der Waals surface area contributed by atoms with Crippen LogP contribution in [0.5, 0.6) is 0 Å². The van der Waals surface area contributed by atoms with Crippen LogP contribution in [-0.2, 0) is 42.9 Å². The summed E-state index contributed by atoms with van der Waals surface area (Å²) < 4.78 is 27.8.